The van der Waals surface area contributed by atoms with Gasteiger partial charge in [-0.05, 0) is 36.6 Å². The number of allylic oxidation sites excluding steroid dienone is 1. The molecule has 1 unspecified atom stereocenters. The average Bonchev–Trinajstić information content (AvgIpc) is 3.29. The molecule has 3 aliphatic rings. The summed E-state index contributed by atoms with van der Waals surface area (Å²) in [6, 6.07) is 3.33. The predicted molar refractivity (Wildman–Crippen MR) is 82.5 cm³/mol. The van der Waals surface area contributed by atoms with Crippen molar-refractivity contribution in [2.45, 2.75) is 12.5 Å². The van der Waals surface area contributed by atoms with E-state index in [1.165, 1.54) is 11.0 Å². The number of amides is 3. The van der Waals surface area contributed by atoms with Crippen LogP contribution in [0.4, 0.5) is 13.6 Å². The lowest BCUT2D eigenvalue weighted by Gasteiger charge is -2.18. The van der Waals surface area contributed by atoms with Gasteiger partial charge in [0.05, 0.1) is 12.3 Å². The Morgan fingerprint density at radius 1 is 1.21 bits per heavy atom. The molecule has 1 aromatic carbocycles. The molecule has 0 bridgehead atoms. The van der Waals surface area contributed by atoms with Gasteiger partial charge in [0.15, 0.2) is 11.6 Å². The lowest BCUT2D eigenvalue weighted by molar-refractivity contribution is -0.125. The van der Waals surface area contributed by atoms with Crippen LogP contribution in [0.3, 0.4) is 0 Å². The molecule has 0 spiro atoms. The molecular formula is C17H15F2N3O2. The van der Waals surface area contributed by atoms with Gasteiger partial charge in [-0.15, -0.1) is 0 Å². The summed E-state index contributed by atoms with van der Waals surface area (Å²) >= 11 is 0. The Kier molecular flexibility index (Phi) is 3.44. The van der Waals surface area contributed by atoms with Crippen molar-refractivity contribution in [1.82, 2.24) is 10.2 Å². The van der Waals surface area contributed by atoms with E-state index >= 15 is 0 Å². The molecule has 1 saturated carbocycles. The average molecular weight is 331 g/mol. The number of hydrogen-bond donors (Lipinski definition) is 1. The smallest absolute Gasteiger partial charge is 0.324 e. The van der Waals surface area contributed by atoms with Gasteiger partial charge >= 0.3 is 6.03 Å². The van der Waals surface area contributed by atoms with E-state index in [1.54, 1.807) is 6.08 Å². The van der Waals surface area contributed by atoms with E-state index in [1.807, 2.05) is 6.08 Å². The minimum Gasteiger partial charge on any atom is -0.329 e. The standard InChI is InChI=1S/C17H15F2N3O2/c18-12-3-1-9(5-13(12)19)14-4-2-10(7-20-14)11-6-15(11)22-16(23)8-21-17(22)24/h1-5,10-11,15H,6-8H2,(H,21,24)/t10?,11-,15+/m0/s1. The Hall–Kier alpha value is -2.57. The second-order valence-electron chi connectivity index (χ2n) is 6.27. The predicted octanol–water partition coefficient (Wildman–Crippen LogP) is 1.88. The number of nitrogens with zero attached hydrogens (tertiary/aromatic N) is 2. The van der Waals surface area contributed by atoms with Crippen molar-refractivity contribution in [2.24, 2.45) is 16.8 Å². The molecule has 1 N–H and O–H groups in total. The SMILES string of the molecule is O=C1CNC(=O)N1[C@@H]1C[C@H]1C1C=CC(c2ccc(F)c(F)c2)=NC1. The van der Waals surface area contributed by atoms with Crippen LogP contribution in [0.2, 0.25) is 0 Å². The first kappa shape index (κ1) is 15.0. The van der Waals surface area contributed by atoms with Crippen LogP contribution < -0.4 is 5.32 Å². The second-order valence-corrected chi connectivity index (χ2v) is 6.27. The van der Waals surface area contributed by atoms with Gasteiger partial charge in [0.25, 0.3) is 0 Å². The molecule has 2 heterocycles. The fourth-order valence-electron chi connectivity index (χ4n) is 3.38. The number of nitrogens with one attached hydrogen (secondary N) is 1. The van der Waals surface area contributed by atoms with E-state index in [0.29, 0.717) is 17.8 Å². The Morgan fingerprint density at radius 3 is 2.67 bits per heavy atom. The van der Waals surface area contributed by atoms with E-state index in [0.717, 1.165) is 18.6 Å². The molecule has 3 amide bonds. The molecule has 24 heavy (non-hydrogen) atoms. The zero-order valence-corrected chi connectivity index (χ0v) is 12.7. The van der Waals surface area contributed by atoms with Gasteiger partial charge < -0.3 is 5.32 Å². The Labute approximate surface area is 137 Å². The van der Waals surface area contributed by atoms with Crippen LogP contribution in [0.5, 0.6) is 0 Å². The maximum Gasteiger partial charge on any atom is 0.324 e. The zero-order chi connectivity index (χ0) is 16.8. The topological polar surface area (TPSA) is 61.8 Å². The Balaban J connectivity index is 1.43. The highest BCUT2D eigenvalue weighted by Gasteiger charge is 2.51. The normalized spacial score (nSPS) is 28.8. The molecule has 5 nitrogen and oxygen atoms in total. The maximum atomic E-state index is 13.3. The van der Waals surface area contributed by atoms with Gasteiger partial charge in [0.1, 0.15) is 0 Å². The van der Waals surface area contributed by atoms with E-state index in [9.17, 15) is 18.4 Å². The van der Waals surface area contributed by atoms with Crippen LogP contribution in [0.1, 0.15) is 12.0 Å². The highest BCUT2D eigenvalue weighted by Crippen LogP contribution is 2.44. The first-order valence-corrected chi connectivity index (χ1v) is 7.82. The van der Waals surface area contributed by atoms with Crippen molar-refractivity contribution in [3.8, 4) is 0 Å². The van der Waals surface area contributed by atoms with Crippen molar-refractivity contribution >= 4 is 17.6 Å². The van der Waals surface area contributed by atoms with Gasteiger partial charge in [-0.25, -0.2) is 13.6 Å². The van der Waals surface area contributed by atoms with Crippen molar-refractivity contribution in [3.05, 3.63) is 47.5 Å². The van der Waals surface area contributed by atoms with Crippen LogP contribution in [0.25, 0.3) is 0 Å². The summed E-state index contributed by atoms with van der Waals surface area (Å²) in [5.74, 6) is -1.61. The fraction of sp³-hybridized carbons (Fsp3) is 0.353. The third-order valence-electron chi connectivity index (χ3n) is 4.75. The number of dihydropyridines is 1. The highest BCUT2D eigenvalue weighted by molar-refractivity contribution is 6.09. The molecule has 7 heteroatoms. The van der Waals surface area contributed by atoms with Crippen LogP contribution in [-0.4, -0.2) is 41.7 Å². The maximum absolute atomic E-state index is 13.3. The monoisotopic (exact) mass is 331 g/mol. The molecule has 0 aromatic heterocycles. The molecule has 2 fully saturated rings. The molecular weight excluding hydrogens is 316 g/mol. The van der Waals surface area contributed by atoms with Gasteiger partial charge in [0, 0.05) is 24.1 Å². The largest absolute Gasteiger partial charge is 0.329 e. The van der Waals surface area contributed by atoms with Crippen molar-refractivity contribution < 1.29 is 18.4 Å². The van der Waals surface area contributed by atoms with E-state index in [-0.39, 0.29) is 36.4 Å². The molecule has 124 valence electrons. The molecule has 4 rings (SSSR count). The van der Waals surface area contributed by atoms with E-state index in [4.69, 9.17) is 0 Å². The number of urea groups is 1. The van der Waals surface area contributed by atoms with Gasteiger partial charge in [-0.3, -0.25) is 14.7 Å². The van der Waals surface area contributed by atoms with Crippen LogP contribution in [0, 0.1) is 23.5 Å². The first-order chi connectivity index (χ1) is 11.5. The van der Waals surface area contributed by atoms with Gasteiger partial charge in [-0.2, -0.15) is 0 Å². The third-order valence-corrected chi connectivity index (χ3v) is 4.75. The lowest BCUT2D eigenvalue weighted by atomic mass is 9.97. The highest BCUT2D eigenvalue weighted by atomic mass is 19.2. The number of halogens is 2. The van der Waals surface area contributed by atoms with Crippen LogP contribution in [-0.2, 0) is 4.79 Å². The van der Waals surface area contributed by atoms with Crippen molar-refractivity contribution in [3.63, 3.8) is 0 Å². The number of hydrogen-bond acceptors (Lipinski definition) is 3. The third kappa shape index (κ3) is 2.50. The number of carbonyl (C=O) groups is 2. The quantitative estimate of drug-likeness (QED) is 0.860. The molecule has 1 aromatic rings. The molecule has 1 aliphatic carbocycles. The van der Waals surface area contributed by atoms with E-state index in [2.05, 4.69) is 10.3 Å². The summed E-state index contributed by atoms with van der Waals surface area (Å²) in [4.78, 5) is 29.2. The van der Waals surface area contributed by atoms with Gasteiger partial charge in [0.2, 0.25) is 5.91 Å². The summed E-state index contributed by atoms with van der Waals surface area (Å²) < 4.78 is 26.3. The first-order valence-electron chi connectivity index (χ1n) is 7.82. The minimum atomic E-state index is -0.897. The summed E-state index contributed by atoms with van der Waals surface area (Å²) in [5.41, 5.74) is 1.14. The number of carbonyl (C=O) groups excluding carboxylic acids is 2. The summed E-state index contributed by atoms with van der Waals surface area (Å²) in [5, 5.41) is 2.53. The Morgan fingerprint density at radius 2 is 2.04 bits per heavy atom. The van der Waals surface area contributed by atoms with Gasteiger partial charge in [-0.1, -0.05) is 6.08 Å². The number of aliphatic imine (C=N–C) groups is 1. The van der Waals surface area contributed by atoms with E-state index < -0.39 is 11.6 Å². The molecule has 1 saturated heterocycles. The summed E-state index contributed by atoms with van der Waals surface area (Å²) in [6.07, 6.45) is 4.55. The summed E-state index contributed by atoms with van der Waals surface area (Å²) in [6.45, 7) is 0.580. The fourth-order valence-corrected chi connectivity index (χ4v) is 3.38. The van der Waals surface area contributed by atoms with Crippen molar-refractivity contribution in [1.29, 1.82) is 0 Å². The number of benzene rings is 1. The Bertz CT molecular complexity index is 774. The number of rotatable bonds is 3. The minimum absolute atomic E-state index is 0.0605. The van der Waals surface area contributed by atoms with Crippen LogP contribution >= 0.6 is 0 Å². The molecule has 2 aliphatic heterocycles. The molecule has 0 radical (unpaired) electrons. The second kappa shape index (κ2) is 5.51. The van der Waals surface area contributed by atoms with Crippen molar-refractivity contribution in [2.75, 3.05) is 13.1 Å². The summed E-state index contributed by atoms with van der Waals surface area (Å²) in [7, 11) is 0. The molecule has 3 atom stereocenters. The zero-order valence-electron chi connectivity index (χ0n) is 12.7. The lowest BCUT2D eigenvalue weighted by Crippen LogP contribution is -2.35. The van der Waals surface area contributed by atoms with Crippen LogP contribution in [0.15, 0.2) is 35.3 Å². The number of imide groups is 1.